The first-order valence-electron chi connectivity index (χ1n) is 10.4. The van der Waals surface area contributed by atoms with Gasteiger partial charge in [0, 0.05) is 23.5 Å². The minimum Gasteiger partial charge on any atom is -0.497 e. The number of nitrogens with zero attached hydrogens (tertiary/aromatic N) is 1. The van der Waals surface area contributed by atoms with Crippen molar-refractivity contribution in [2.24, 2.45) is 0 Å². The molecule has 4 N–H and O–H groups in total. The van der Waals surface area contributed by atoms with Crippen LogP contribution in [0.15, 0.2) is 54.7 Å². The zero-order chi connectivity index (χ0) is 23.3. The van der Waals surface area contributed by atoms with Gasteiger partial charge in [0.05, 0.1) is 19.1 Å². The van der Waals surface area contributed by atoms with Crippen molar-refractivity contribution in [1.82, 2.24) is 10.3 Å². The lowest BCUT2D eigenvalue weighted by Crippen LogP contribution is -2.30. The van der Waals surface area contributed by atoms with Gasteiger partial charge in [-0.25, -0.2) is 4.98 Å². The second kappa shape index (κ2) is 9.96. The number of benzene rings is 2. The third kappa shape index (κ3) is 5.63. The van der Waals surface area contributed by atoms with E-state index in [0.29, 0.717) is 11.3 Å². The Morgan fingerprint density at radius 2 is 1.81 bits per heavy atom. The third-order valence-electron chi connectivity index (χ3n) is 4.93. The number of aromatic nitrogens is 1. The van der Waals surface area contributed by atoms with E-state index >= 15 is 0 Å². The van der Waals surface area contributed by atoms with Crippen molar-refractivity contribution in [2.75, 3.05) is 18.2 Å². The number of nitrogens with two attached hydrogens (primary N) is 1. The summed E-state index contributed by atoms with van der Waals surface area (Å²) < 4.78 is 5.14. The van der Waals surface area contributed by atoms with Gasteiger partial charge in [-0.15, -0.1) is 0 Å². The van der Waals surface area contributed by atoms with E-state index in [-0.39, 0.29) is 30.1 Å². The lowest BCUT2D eigenvalue weighted by atomic mass is 9.99. The highest BCUT2D eigenvalue weighted by Gasteiger charge is 2.15. The van der Waals surface area contributed by atoms with Crippen LogP contribution in [0.5, 0.6) is 5.75 Å². The van der Waals surface area contributed by atoms with Crippen LogP contribution in [0.1, 0.15) is 35.3 Å². The number of nitrogens with one attached hydrogen (secondary N) is 2. The van der Waals surface area contributed by atoms with Crippen molar-refractivity contribution >= 4 is 23.3 Å². The Bertz CT molecular complexity index is 1120. The van der Waals surface area contributed by atoms with Gasteiger partial charge in [0.25, 0.3) is 5.91 Å². The van der Waals surface area contributed by atoms with Gasteiger partial charge in [0.1, 0.15) is 11.6 Å². The molecule has 3 aromatic rings. The summed E-state index contributed by atoms with van der Waals surface area (Å²) in [6.07, 6.45) is 1.91. The molecule has 0 fully saturated rings. The molecule has 1 aromatic heterocycles. The summed E-state index contributed by atoms with van der Waals surface area (Å²) >= 11 is 0. The summed E-state index contributed by atoms with van der Waals surface area (Å²) in [7, 11) is 1.61. The van der Waals surface area contributed by atoms with Crippen LogP contribution >= 0.6 is 0 Å². The van der Waals surface area contributed by atoms with Crippen molar-refractivity contribution < 1.29 is 14.3 Å². The highest BCUT2D eigenvalue weighted by Crippen LogP contribution is 2.27. The van der Waals surface area contributed by atoms with Gasteiger partial charge in [0.15, 0.2) is 0 Å². The van der Waals surface area contributed by atoms with Gasteiger partial charge in [-0.3, -0.25) is 9.59 Å². The number of methoxy groups -OCH3 is 1. The second-order valence-corrected chi connectivity index (χ2v) is 7.89. The molecule has 0 radical (unpaired) electrons. The Morgan fingerprint density at radius 1 is 1.09 bits per heavy atom. The van der Waals surface area contributed by atoms with Crippen LogP contribution in [0.4, 0.5) is 11.5 Å². The molecule has 3 rings (SSSR count). The molecule has 32 heavy (non-hydrogen) atoms. The minimum absolute atomic E-state index is 0.00639. The molecule has 2 aromatic carbocycles. The Labute approximate surface area is 188 Å². The van der Waals surface area contributed by atoms with Crippen molar-refractivity contribution in [3.63, 3.8) is 0 Å². The smallest absolute Gasteiger partial charge is 0.255 e. The van der Waals surface area contributed by atoms with Crippen molar-refractivity contribution in [3.05, 3.63) is 71.4 Å². The summed E-state index contributed by atoms with van der Waals surface area (Å²) in [6, 6.07) is 14.8. The number of pyridine rings is 1. The molecule has 0 atom stereocenters. The van der Waals surface area contributed by atoms with E-state index in [2.05, 4.69) is 15.6 Å². The highest BCUT2D eigenvalue weighted by molar-refractivity contribution is 5.99. The fourth-order valence-corrected chi connectivity index (χ4v) is 3.34. The molecule has 2 amide bonds. The van der Waals surface area contributed by atoms with E-state index < -0.39 is 0 Å². The standard InChI is InChI=1S/C25H28N4O3/c1-15(2)28-25(31)22-13-18(14-27-24(22)26)21-10-7-19(11-16(21)3)29-23(30)12-17-5-8-20(32-4)9-6-17/h5-11,13-15H,12H2,1-4H3,(H2,26,27)(H,28,31)(H,29,30). The van der Waals surface area contributed by atoms with E-state index in [4.69, 9.17) is 10.5 Å². The van der Waals surface area contributed by atoms with Crippen molar-refractivity contribution in [1.29, 1.82) is 0 Å². The predicted molar refractivity (Wildman–Crippen MR) is 127 cm³/mol. The molecule has 0 aliphatic rings. The number of hydrogen-bond acceptors (Lipinski definition) is 5. The summed E-state index contributed by atoms with van der Waals surface area (Å²) in [6.45, 7) is 5.72. The molecular formula is C25H28N4O3. The maximum atomic E-state index is 12.4. The van der Waals surface area contributed by atoms with E-state index in [1.807, 2.05) is 63.2 Å². The van der Waals surface area contributed by atoms with Gasteiger partial charge in [-0.1, -0.05) is 18.2 Å². The maximum Gasteiger partial charge on any atom is 0.255 e. The number of aryl methyl sites for hydroxylation is 1. The normalized spacial score (nSPS) is 10.7. The Balaban J connectivity index is 1.74. The predicted octanol–water partition coefficient (Wildman–Crippen LogP) is 3.97. The van der Waals surface area contributed by atoms with Gasteiger partial charge in [0.2, 0.25) is 5.91 Å². The number of anilines is 2. The zero-order valence-corrected chi connectivity index (χ0v) is 18.7. The van der Waals surface area contributed by atoms with Crippen molar-refractivity contribution in [3.8, 4) is 16.9 Å². The minimum atomic E-state index is -0.257. The lowest BCUT2D eigenvalue weighted by Gasteiger charge is -2.13. The average molecular weight is 433 g/mol. The van der Waals surface area contributed by atoms with E-state index in [9.17, 15) is 9.59 Å². The molecule has 0 saturated heterocycles. The van der Waals surface area contributed by atoms with Gasteiger partial charge in [-0.05, 0) is 67.8 Å². The number of nitrogen functional groups attached to an aromatic ring is 1. The quantitative estimate of drug-likeness (QED) is 0.524. The second-order valence-electron chi connectivity index (χ2n) is 7.89. The number of hydrogen-bond donors (Lipinski definition) is 3. The van der Waals surface area contributed by atoms with Crippen LogP contribution in [0.3, 0.4) is 0 Å². The highest BCUT2D eigenvalue weighted by atomic mass is 16.5. The monoisotopic (exact) mass is 432 g/mol. The number of carbonyl (C=O) groups excluding carboxylic acids is 2. The number of rotatable bonds is 7. The first-order chi connectivity index (χ1) is 15.3. The maximum absolute atomic E-state index is 12.4. The van der Waals surface area contributed by atoms with Crippen LogP contribution < -0.4 is 21.1 Å². The van der Waals surface area contributed by atoms with Crippen LogP contribution in [0.2, 0.25) is 0 Å². The van der Waals surface area contributed by atoms with Crippen LogP contribution in [-0.2, 0) is 11.2 Å². The SMILES string of the molecule is COc1ccc(CC(=O)Nc2ccc(-c3cnc(N)c(C(=O)NC(C)C)c3)c(C)c2)cc1. The summed E-state index contributed by atoms with van der Waals surface area (Å²) in [5.41, 5.74) is 10.5. The van der Waals surface area contributed by atoms with Crippen LogP contribution in [-0.4, -0.2) is 29.9 Å². The van der Waals surface area contributed by atoms with Crippen LogP contribution in [0.25, 0.3) is 11.1 Å². The number of ether oxygens (including phenoxy) is 1. The van der Waals surface area contributed by atoms with E-state index in [1.54, 1.807) is 19.4 Å². The summed E-state index contributed by atoms with van der Waals surface area (Å²) in [5, 5.41) is 5.77. The van der Waals surface area contributed by atoms with Crippen LogP contribution in [0, 0.1) is 6.92 Å². The fraction of sp³-hybridized carbons (Fsp3) is 0.240. The van der Waals surface area contributed by atoms with Gasteiger partial charge < -0.3 is 21.1 Å². The summed E-state index contributed by atoms with van der Waals surface area (Å²) in [4.78, 5) is 29.1. The van der Waals surface area contributed by atoms with Crippen molar-refractivity contribution in [2.45, 2.75) is 33.2 Å². The zero-order valence-electron chi connectivity index (χ0n) is 18.7. The first-order valence-corrected chi connectivity index (χ1v) is 10.4. The van der Waals surface area contributed by atoms with E-state index in [1.165, 1.54) is 0 Å². The Morgan fingerprint density at radius 3 is 2.44 bits per heavy atom. The van der Waals surface area contributed by atoms with Gasteiger partial charge in [-0.2, -0.15) is 0 Å². The molecule has 0 bridgehead atoms. The largest absolute Gasteiger partial charge is 0.497 e. The first kappa shape index (κ1) is 22.8. The molecule has 0 spiro atoms. The lowest BCUT2D eigenvalue weighted by molar-refractivity contribution is -0.115. The van der Waals surface area contributed by atoms with E-state index in [0.717, 1.165) is 28.0 Å². The Kier molecular flexibility index (Phi) is 7.10. The fourth-order valence-electron chi connectivity index (χ4n) is 3.34. The molecule has 0 saturated carbocycles. The number of amides is 2. The number of carbonyl (C=O) groups is 2. The third-order valence-corrected chi connectivity index (χ3v) is 4.93. The molecule has 0 aliphatic carbocycles. The molecule has 7 heteroatoms. The van der Waals surface area contributed by atoms with Gasteiger partial charge >= 0.3 is 0 Å². The molecule has 7 nitrogen and oxygen atoms in total. The molecule has 1 heterocycles. The molecule has 0 aliphatic heterocycles. The average Bonchev–Trinajstić information content (AvgIpc) is 2.74. The summed E-state index contributed by atoms with van der Waals surface area (Å²) in [5.74, 6) is 0.574. The topological polar surface area (TPSA) is 106 Å². The molecule has 166 valence electrons. The molecule has 0 unspecified atom stereocenters. The molecular weight excluding hydrogens is 404 g/mol. The Hall–Kier alpha value is -3.87.